The fourth-order valence-corrected chi connectivity index (χ4v) is 3.27. The highest BCUT2D eigenvalue weighted by Crippen LogP contribution is 2.10. The number of nitrogens with one attached hydrogen (secondary N) is 2. The number of hydrogen-bond acceptors (Lipinski definition) is 5. The molecule has 8 heteroatoms. The lowest BCUT2D eigenvalue weighted by atomic mass is 10.2. The van der Waals surface area contributed by atoms with Crippen LogP contribution in [-0.4, -0.2) is 66.6 Å². The van der Waals surface area contributed by atoms with Crippen LogP contribution in [0, 0.1) is 5.82 Å². The first kappa shape index (κ1) is 21.0. The van der Waals surface area contributed by atoms with Crippen LogP contribution in [0.3, 0.4) is 0 Å². The van der Waals surface area contributed by atoms with Crippen LogP contribution in [0.1, 0.15) is 18.9 Å². The quantitative estimate of drug-likeness (QED) is 0.401. The average molecular weight is 400 g/mol. The van der Waals surface area contributed by atoms with Gasteiger partial charge in [-0.05, 0) is 32.0 Å². The minimum atomic E-state index is -0.216. The second-order valence-corrected chi connectivity index (χ2v) is 6.94. The van der Waals surface area contributed by atoms with Crippen LogP contribution in [0.5, 0.6) is 0 Å². The highest BCUT2D eigenvalue weighted by molar-refractivity contribution is 5.79. The van der Waals surface area contributed by atoms with Crippen molar-refractivity contribution in [3.05, 3.63) is 54.1 Å². The Morgan fingerprint density at radius 2 is 1.83 bits per heavy atom. The molecule has 1 aliphatic rings. The van der Waals surface area contributed by atoms with Crippen molar-refractivity contribution in [3.63, 3.8) is 0 Å². The number of rotatable bonds is 8. The molecule has 2 aromatic rings. The second kappa shape index (κ2) is 11.3. The van der Waals surface area contributed by atoms with Crippen molar-refractivity contribution >= 4 is 11.9 Å². The third kappa shape index (κ3) is 6.67. The first-order valence-electron chi connectivity index (χ1n) is 10.3. The Morgan fingerprint density at radius 3 is 2.55 bits per heavy atom. The summed E-state index contributed by atoms with van der Waals surface area (Å²) in [5.41, 5.74) is 0.602. The van der Waals surface area contributed by atoms with Gasteiger partial charge in [-0.15, -0.1) is 0 Å². The van der Waals surface area contributed by atoms with E-state index in [1.54, 1.807) is 24.5 Å². The number of anilines is 1. The van der Waals surface area contributed by atoms with Crippen LogP contribution < -0.4 is 15.5 Å². The van der Waals surface area contributed by atoms with Gasteiger partial charge in [0.15, 0.2) is 5.96 Å². The van der Waals surface area contributed by atoms with Gasteiger partial charge in [0.25, 0.3) is 0 Å². The zero-order chi connectivity index (χ0) is 20.3. The molecule has 0 saturated carbocycles. The van der Waals surface area contributed by atoms with E-state index in [2.05, 4.69) is 35.4 Å². The predicted octanol–water partition coefficient (Wildman–Crippen LogP) is 1.88. The Labute approximate surface area is 172 Å². The Balaban J connectivity index is 1.37. The number of aliphatic imine (C=N–C) groups is 1. The molecule has 2 N–H and O–H groups in total. The first-order valence-corrected chi connectivity index (χ1v) is 10.3. The topological polar surface area (TPSA) is 68.7 Å². The van der Waals surface area contributed by atoms with Gasteiger partial charge in [-0.3, -0.25) is 4.90 Å². The summed E-state index contributed by atoms with van der Waals surface area (Å²) in [4.78, 5) is 17.8. The fraction of sp³-hybridized carbons (Fsp3) is 0.476. The minimum Gasteiger partial charge on any atom is -0.357 e. The minimum absolute atomic E-state index is 0.216. The molecule has 0 amide bonds. The number of aromatic nitrogens is 2. The summed E-state index contributed by atoms with van der Waals surface area (Å²) >= 11 is 0. The van der Waals surface area contributed by atoms with Gasteiger partial charge < -0.3 is 15.5 Å². The Kier molecular flexibility index (Phi) is 8.18. The number of piperazine rings is 1. The highest BCUT2D eigenvalue weighted by atomic mass is 19.1. The molecule has 1 aliphatic heterocycles. The van der Waals surface area contributed by atoms with Gasteiger partial charge in [-0.1, -0.05) is 18.2 Å². The molecular weight excluding hydrogens is 369 g/mol. The van der Waals surface area contributed by atoms with Gasteiger partial charge in [-0.25, -0.2) is 19.4 Å². The zero-order valence-electron chi connectivity index (χ0n) is 17.0. The van der Waals surface area contributed by atoms with Gasteiger partial charge in [0.2, 0.25) is 5.95 Å². The monoisotopic (exact) mass is 399 g/mol. The number of guanidine groups is 1. The summed E-state index contributed by atoms with van der Waals surface area (Å²) in [6, 6.07) is 8.60. The molecule has 1 aromatic carbocycles. The van der Waals surface area contributed by atoms with E-state index in [4.69, 9.17) is 0 Å². The van der Waals surface area contributed by atoms with E-state index in [1.165, 1.54) is 6.07 Å². The van der Waals surface area contributed by atoms with Crippen molar-refractivity contribution in [2.45, 2.75) is 19.9 Å². The smallest absolute Gasteiger partial charge is 0.225 e. The maximum Gasteiger partial charge on any atom is 0.225 e. The number of hydrogen-bond donors (Lipinski definition) is 2. The van der Waals surface area contributed by atoms with Gasteiger partial charge in [0, 0.05) is 57.2 Å². The standard InChI is InChI=1S/C21H30FN7/c1-2-23-20(27-17-18-7-3-4-8-19(18)22)24-11-6-12-28-13-15-29(16-14-28)21-25-9-5-10-26-21/h3-5,7-10H,2,6,11-17H2,1H3,(H2,23,24,27). The molecule has 1 fully saturated rings. The fourth-order valence-electron chi connectivity index (χ4n) is 3.27. The van der Waals surface area contributed by atoms with Crippen molar-refractivity contribution in [3.8, 4) is 0 Å². The highest BCUT2D eigenvalue weighted by Gasteiger charge is 2.18. The van der Waals surface area contributed by atoms with Gasteiger partial charge in [0.1, 0.15) is 5.82 Å². The Hall–Kier alpha value is -2.74. The lowest BCUT2D eigenvalue weighted by Gasteiger charge is -2.34. The second-order valence-electron chi connectivity index (χ2n) is 6.94. The van der Waals surface area contributed by atoms with E-state index in [-0.39, 0.29) is 5.82 Å². The predicted molar refractivity (Wildman–Crippen MR) is 115 cm³/mol. The number of benzene rings is 1. The molecule has 2 heterocycles. The maximum absolute atomic E-state index is 13.7. The van der Waals surface area contributed by atoms with E-state index in [9.17, 15) is 4.39 Å². The third-order valence-corrected chi connectivity index (χ3v) is 4.86. The molecule has 0 radical (unpaired) electrons. The molecule has 29 heavy (non-hydrogen) atoms. The van der Waals surface area contributed by atoms with Crippen LogP contribution in [0.15, 0.2) is 47.7 Å². The molecule has 1 saturated heterocycles. The summed E-state index contributed by atoms with van der Waals surface area (Å²) in [5.74, 6) is 1.32. The SMILES string of the molecule is CCNC(=NCc1ccccc1F)NCCCN1CCN(c2ncccn2)CC1. The lowest BCUT2D eigenvalue weighted by Crippen LogP contribution is -2.47. The molecule has 0 bridgehead atoms. The molecular formula is C21H30FN7. The summed E-state index contributed by atoms with van der Waals surface area (Å²) in [6.45, 7) is 8.90. The molecule has 0 atom stereocenters. The maximum atomic E-state index is 13.7. The van der Waals surface area contributed by atoms with Crippen LogP contribution in [0.2, 0.25) is 0 Å². The average Bonchev–Trinajstić information content (AvgIpc) is 2.77. The largest absolute Gasteiger partial charge is 0.357 e. The number of halogens is 1. The molecule has 1 aromatic heterocycles. The van der Waals surface area contributed by atoms with Crippen LogP contribution in [-0.2, 0) is 6.54 Å². The summed E-state index contributed by atoms with van der Waals surface area (Å²) in [5, 5.41) is 6.56. The molecule has 7 nitrogen and oxygen atoms in total. The lowest BCUT2D eigenvalue weighted by molar-refractivity contribution is 0.254. The molecule has 0 aliphatic carbocycles. The van der Waals surface area contributed by atoms with Gasteiger partial charge in [0.05, 0.1) is 6.54 Å². The Bertz CT molecular complexity index is 761. The van der Waals surface area contributed by atoms with E-state index < -0.39 is 0 Å². The van der Waals surface area contributed by atoms with E-state index >= 15 is 0 Å². The van der Waals surface area contributed by atoms with Crippen molar-refractivity contribution in [2.24, 2.45) is 4.99 Å². The van der Waals surface area contributed by atoms with Crippen LogP contribution >= 0.6 is 0 Å². The summed E-state index contributed by atoms with van der Waals surface area (Å²) in [6.07, 6.45) is 4.60. The summed E-state index contributed by atoms with van der Waals surface area (Å²) < 4.78 is 13.7. The summed E-state index contributed by atoms with van der Waals surface area (Å²) in [7, 11) is 0. The van der Waals surface area contributed by atoms with Crippen molar-refractivity contribution < 1.29 is 4.39 Å². The first-order chi connectivity index (χ1) is 14.3. The van der Waals surface area contributed by atoms with Crippen molar-refractivity contribution in [1.82, 2.24) is 25.5 Å². The van der Waals surface area contributed by atoms with Crippen molar-refractivity contribution in [2.75, 3.05) is 50.7 Å². The van der Waals surface area contributed by atoms with E-state index in [0.717, 1.165) is 64.1 Å². The zero-order valence-corrected chi connectivity index (χ0v) is 17.0. The van der Waals surface area contributed by atoms with Crippen LogP contribution in [0.4, 0.5) is 10.3 Å². The number of nitrogens with zero attached hydrogens (tertiary/aromatic N) is 5. The van der Waals surface area contributed by atoms with Gasteiger partial charge >= 0.3 is 0 Å². The molecule has 0 spiro atoms. The van der Waals surface area contributed by atoms with Gasteiger partial charge in [-0.2, -0.15) is 0 Å². The molecule has 0 unspecified atom stereocenters. The van der Waals surface area contributed by atoms with Crippen LogP contribution in [0.25, 0.3) is 0 Å². The van der Waals surface area contributed by atoms with Crippen molar-refractivity contribution in [1.29, 1.82) is 0 Å². The third-order valence-electron chi connectivity index (χ3n) is 4.86. The van der Waals surface area contributed by atoms with E-state index in [0.29, 0.717) is 12.1 Å². The normalized spacial score (nSPS) is 15.4. The van der Waals surface area contributed by atoms with E-state index in [1.807, 2.05) is 19.1 Å². The molecule has 156 valence electrons. The molecule has 3 rings (SSSR count). The Morgan fingerprint density at radius 1 is 1.07 bits per heavy atom.